The van der Waals surface area contributed by atoms with Crippen molar-refractivity contribution in [2.45, 2.75) is 25.8 Å². The van der Waals surface area contributed by atoms with E-state index in [0.29, 0.717) is 19.4 Å². The van der Waals surface area contributed by atoms with Gasteiger partial charge >= 0.3 is 0 Å². The van der Waals surface area contributed by atoms with E-state index < -0.39 is 5.82 Å². The van der Waals surface area contributed by atoms with Gasteiger partial charge in [0.05, 0.1) is 22.6 Å². The van der Waals surface area contributed by atoms with Gasteiger partial charge in [0.1, 0.15) is 11.6 Å². The minimum Gasteiger partial charge on any atom is -0.352 e. The van der Waals surface area contributed by atoms with Crippen LogP contribution in [0.25, 0.3) is 11.0 Å². The summed E-state index contributed by atoms with van der Waals surface area (Å²) < 4.78 is 16.0. The van der Waals surface area contributed by atoms with E-state index in [2.05, 4.69) is 35.0 Å². The molecule has 0 fully saturated rings. The number of hydrogen-bond donors (Lipinski definition) is 1. The lowest BCUT2D eigenvalue weighted by atomic mass is 10.1. The molecule has 30 heavy (non-hydrogen) atoms. The van der Waals surface area contributed by atoms with Crippen molar-refractivity contribution in [2.24, 2.45) is 0 Å². The van der Waals surface area contributed by atoms with Crippen molar-refractivity contribution in [3.8, 4) is 0 Å². The van der Waals surface area contributed by atoms with E-state index in [4.69, 9.17) is 4.98 Å². The quantitative estimate of drug-likeness (QED) is 0.436. The van der Waals surface area contributed by atoms with Crippen molar-refractivity contribution in [1.82, 2.24) is 14.9 Å². The Morgan fingerprint density at radius 2 is 1.70 bits per heavy atom. The van der Waals surface area contributed by atoms with Crippen LogP contribution >= 0.6 is 0 Å². The molecule has 0 aliphatic heterocycles. The van der Waals surface area contributed by atoms with Crippen LogP contribution in [0.1, 0.15) is 41.1 Å². The highest BCUT2D eigenvalue weighted by molar-refractivity contribution is 5.94. The molecule has 1 atom stereocenters. The highest BCUT2D eigenvalue weighted by Gasteiger charge is 2.17. The number of para-hydroxylation sites is 2. The third-order valence-corrected chi connectivity index (χ3v) is 5.32. The predicted octanol–water partition coefficient (Wildman–Crippen LogP) is 5.15. The summed E-state index contributed by atoms with van der Waals surface area (Å²) in [5.74, 6) is 0.0837. The zero-order chi connectivity index (χ0) is 20.9. The van der Waals surface area contributed by atoms with Gasteiger partial charge in [-0.25, -0.2) is 9.37 Å². The number of carbonyl (C=O) groups excluding carboxylic acids is 1. The first-order chi connectivity index (χ1) is 14.6. The normalized spacial score (nSPS) is 12.1. The molecule has 3 aromatic carbocycles. The molecule has 0 spiro atoms. The number of benzene rings is 3. The van der Waals surface area contributed by atoms with Gasteiger partial charge in [-0.3, -0.25) is 4.79 Å². The number of aromatic nitrogens is 2. The Morgan fingerprint density at radius 3 is 2.50 bits per heavy atom. The molecular formula is C25H24FN3O. The lowest BCUT2D eigenvalue weighted by Crippen LogP contribution is -2.26. The van der Waals surface area contributed by atoms with Crippen LogP contribution in [0.5, 0.6) is 0 Å². The molecule has 4 aromatic rings. The monoisotopic (exact) mass is 401 g/mol. The first-order valence-corrected chi connectivity index (χ1v) is 10.2. The van der Waals surface area contributed by atoms with Crippen LogP contribution in [0.15, 0.2) is 78.9 Å². The van der Waals surface area contributed by atoms with Gasteiger partial charge < -0.3 is 9.88 Å². The van der Waals surface area contributed by atoms with Gasteiger partial charge in [0, 0.05) is 13.0 Å². The Kier molecular flexibility index (Phi) is 5.89. The van der Waals surface area contributed by atoms with Crippen LogP contribution in [0, 0.1) is 5.82 Å². The zero-order valence-electron chi connectivity index (χ0n) is 16.9. The Bertz CT molecular complexity index is 1150. The molecule has 1 heterocycles. The van der Waals surface area contributed by atoms with Crippen LogP contribution in [0.4, 0.5) is 4.39 Å². The number of fused-ring (bicyclic) bond motifs is 1. The first kappa shape index (κ1) is 19.8. The van der Waals surface area contributed by atoms with E-state index in [1.807, 2.05) is 36.4 Å². The fourth-order valence-corrected chi connectivity index (χ4v) is 3.77. The Morgan fingerprint density at radius 1 is 1.00 bits per heavy atom. The number of carbonyl (C=O) groups is 1. The topological polar surface area (TPSA) is 46.9 Å². The van der Waals surface area contributed by atoms with Crippen LogP contribution in [-0.4, -0.2) is 22.0 Å². The molecule has 1 aromatic heterocycles. The minimum atomic E-state index is -0.506. The number of aryl methyl sites for hydroxylation is 1. The van der Waals surface area contributed by atoms with Crippen LogP contribution in [-0.2, 0) is 6.42 Å². The Balaban J connectivity index is 1.49. The van der Waals surface area contributed by atoms with Gasteiger partial charge in [-0.2, -0.15) is 0 Å². The summed E-state index contributed by atoms with van der Waals surface area (Å²) in [5.41, 5.74) is 3.35. The molecule has 5 heteroatoms. The van der Waals surface area contributed by atoms with Crippen molar-refractivity contribution in [1.29, 1.82) is 0 Å². The average molecular weight is 401 g/mol. The van der Waals surface area contributed by atoms with Crippen molar-refractivity contribution >= 4 is 16.9 Å². The molecule has 1 N–H and O–H groups in total. The van der Waals surface area contributed by atoms with Gasteiger partial charge in [-0.15, -0.1) is 0 Å². The molecule has 0 saturated heterocycles. The van der Waals surface area contributed by atoms with Crippen molar-refractivity contribution in [3.05, 3.63) is 102 Å². The summed E-state index contributed by atoms with van der Waals surface area (Å²) in [7, 11) is 0. The maximum atomic E-state index is 13.8. The van der Waals surface area contributed by atoms with Crippen LogP contribution in [0.3, 0.4) is 0 Å². The molecule has 0 aliphatic carbocycles. The van der Waals surface area contributed by atoms with Crippen molar-refractivity contribution in [3.63, 3.8) is 0 Å². The standard InChI is InChI=1S/C25H24FN3O/c1-18(19-10-3-2-4-11-19)29-23-15-8-7-14-22(23)28-24(29)16-9-17-27-25(30)20-12-5-6-13-21(20)26/h2-8,10-15,18H,9,16-17H2,1H3,(H,27,30). The molecule has 0 radical (unpaired) electrons. The highest BCUT2D eigenvalue weighted by atomic mass is 19.1. The van der Waals surface area contributed by atoms with Crippen molar-refractivity contribution < 1.29 is 9.18 Å². The largest absolute Gasteiger partial charge is 0.352 e. The summed E-state index contributed by atoms with van der Waals surface area (Å²) in [6.07, 6.45) is 1.43. The molecule has 4 rings (SSSR count). The summed E-state index contributed by atoms with van der Waals surface area (Å²) in [6, 6.07) is 24.6. The highest BCUT2D eigenvalue weighted by Crippen LogP contribution is 2.26. The van der Waals surface area contributed by atoms with Crippen LogP contribution in [0.2, 0.25) is 0 Å². The fourth-order valence-electron chi connectivity index (χ4n) is 3.77. The first-order valence-electron chi connectivity index (χ1n) is 10.2. The van der Waals surface area contributed by atoms with Gasteiger partial charge in [-0.1, -0.05) is 54.6 Å². The summed E-state index contributed by atoms with van der Waals surface area (Å²) in [4.78, 5) is 17.0. The fraction of sp³-hybridized carbons (Fsp3) is 0.200. The lowest BCUT2D eigenvalue weighted by molar-refractivity contribution is 0.0949. The number of imidazole rings is 1. The smallest absolute Gasteiger partial charge is 0.254 e. The lowest BCUT2D eigenvalue weighted by Gasteiger charge is -2.18. The second kappa shape index (κ2) is 8.91. The molecule has 1 amide bonds. The molecule has 1 unspecified atom stereocenters. The molecular weight excluding hydrogens is 377 g/mol. The average Bonchev–Trinajstić information content (AvgIpc) is 3.15. The molecule has 152 valence electrons. The van der Waals surface area contributed by atoms with E-state index in [0.717, 1.165) is 16.9 Å². The van der Waals surface area contributed by atoms with E-state index in [1.165, 1.54) is 17.7 Å². The van der Waals surface area contributed by atoms with Gasteiger partial charge in [0.15, 0.2) is 0 Å². The number of hydrogen-bond acceptors (Lipinski definition) is 2. The molecule has 0 aliphatic rings. The van der Waals surface area contributed by atoms with Crippen LogP contribution < -0.4 is 5.32 Å². The van der Waals surface area contributed by atoms with E-state index in [-0.39, 0.29) is 17.5 Å². The van der Waals surface area contributed by atoms with Gasteiger partial charge in [-0.05, 0) is 43.2 Å². The number of halogens is 1. The SMILES string of the molecule is CC(c1ccccc1)n1c(CCCNC(=O)c2ccccc2F)nc2ccccc21. The Labute approximate surface area is 175 Å². The molecule has 0 saturated carbocycles. The molecule has 4 nitrogen and oxygen atoms in total. The third kappa shape index (κ3) is 4.10. The van der Waals surface area contributed by atoms with E-state index >= 15 is 0 Å². The number of rotatable bonds is 7. The Hall–Kier alpha value is -3.47. The molecule has 0 bridgehead atoms. The van der Waals surface area contributed by atoms with Gasteiger partial charge in [0.25, 0.3) is 5.91 Å². The maximum absolute atomic E-state index is 13.8. The minimum absolute atomic E-state index is 0.0717. The zero-order valence-corrected chi connectivity index (χ0v) is 16.9. The summed E-state index contributed by atoms with van der Waals surface area (Å²) in [6.45, 7) is 2.63. The predicted molar refractivity (Wildman–Crippen MR) is 117 cm³/mol. The van der Waals surface area contributed by atoms with E-state index in [1.54, 1.807) is 12.1 Å². The second-order valence-electron chi connectivity index (χ2n) is 7.31. The maximum Gasteiger partial charge on any atom is 0.254 e. The summed E-state index contributed by atoms with van der Waals surface area (Å²) in [5, 5.41) is 2.81. The van der Waals surface area contributed by atoms with Gasteiger partial charge in [0.2, 0.25) is 0 Å². The second-order valence-corrected chi connectivity index (χ2v) is 7.31. The summed E-state index contributed by atoms with van der Waals surface area (Å²) >= 11 is 0. The number of amides is 1. The number of nitrogens with one attached hydrogen (secondary N) is 1. The van der Waals surface area contributed by atoms with E-state index in [9.17, 15) is 9.18 Å². The third-order valence-electron chi connectivity index (χ3n) is 5.32. The number of nitrogens with zero attached hydrogens (tertiary/aromatic N) is 2. The van der Waals surface area contributed by atoms with Crippen molar-refractivity contribution in [2.75, 3.05) is 6.54 Å².